The van der Waals surface area contributed by atoms with Crippen LogP contribution in [0, 0.1) is 24.1 Å². The van der Waals surface area contributed by atoms with Gasteiger partial charge in [0.15, 0.2) is 5.57 Å². The number of benzene rings is 3. The van der Waals surface area contributed by atoms with Crippen LogP contribution in [0.4, 0.5) is 4.39 Å². The van der Waals surface area contributed by atoms with Gasteiger partial charge in [0.1, 0.15) is 16.5 Å². The van der Waals surface area contributed by atoms with E-state index in [1.54, 1.807) is 10.8 Å². The van der Waals surface area contributed by atoms with Crippen molar-refractivity contribution in [2.45, 2.75) is 6.92 Å². The van der Waals surface area contributed by atoms with E-state index in [0.717, 1.165) is 41.2 Å². The lowest BCUT2D eigenvalue weighted by atomic mass is 10.1. The number of carbonyl (C=O) groups is 1. The Kier molecular flexibility index (Phi) is 9.30. The third-order valence-corrected chi connectivity index (χ3v) is 8.75. The van der Waals surface area contributed by atoms with Gasteiger partial charge < -0.3 is 10.1 Å². The fourth-order valence-corrected chi connectivity index (χ4v) is 6.29. The number of ether oxygens (including phenoxy) is 1. The Morgan fingerprint density at radius 2 is 1.76 bits per heavy atom. The minimum absolute atomic E-state index is 0.154. The number of halogens is 1. The van der Waals surface area contributed by atoms with Crippen molar-refractivity contribution in [3.63, 3.8) is 0 Å². The summed E-state index contributed by atoms with van der Waals surface area (Å²) in [4.78, 5) is 29.6. The Morgan fingerprint density at radius 1 is 1.04 bits per heavy atom. The summed E-state index contributed by atoms with van der Waals surface area (Å²) in [7, 11) is 0. The predicted octanol–water partition coefficient (Wildman–Crippen LogP) is 3.15. The molecule has 9 nitrogen and oxygen atoms in total. The van der Waals surface area contributed by atoms with Gasteiger partial charge in [-0.2, -0.15) is 10.4 Å². The van der Waals surface area contributed by atoms with Gasteiger partial charge in [-0.1, -0.05) is 48.0 Å². The van der Waals surface area contributed by atoms with Gasteiger partial charge in [-0.3, -0.25) is 19.1 Å². The monoisotopic (exact) mass is 634 g/mol. The summed E-state index contributed by atoms with van der Waals surface area (Å²) in [5.74, 6) is -1.06. The number of hydrogen-bond donors (Lipinski definition) is 1. The SMILES string of the molecule is Cc1ccc(-c2nn(-c3ccccc3)cc2/C=c2\s/c(=C(/C#N)C(=O)NCCN3CCOCC3)n(-c3ccc(F)cc3)c2=O)cc1. The van der Waals surface area contributed by atoms with Crippen LogP contribution in [0.3, 0.4) is 0 Å². The van der Waals surface area contributed by atoms with Gasteiger partial charge in [0.25, 0.3) is 11.5 Å². The molecule has 0 aliphatic carbocycles. The van der Waals surface area contributed by atoms with Gasteiger partial charge in [-0.05, 0) is 49.4 Å². The Bertz CT molecular complexity index is 2070. The number of rotatable bonds is 8. The van der Waals surface area contributed by atoms with E-state index in [1.807, 2.05) is 73.8 Å². The first-order valence-corrected chi connectivity index (χ1v) is 15.7. The van der Waals surface area contributed by atoms with E-state index in [9.17, 15) is 19.2 Å². The van der Waals surface area contributed by atoms with Crippen LogP contribution in [0.2, 0.25) is 0 Å². The Morgan fingerprint density at radius 3 is 2.46 bits per heavy atom. The molecule has 3 aromatic carbocycles. The molecule has 0 bridgehead atoms. The molecule has 0 saturated carbocycles. The van der Waals surface area contributed by atoms with Crippen LogP contribution in [0.5, 0.6) is 0 Å². The summed E-state index contributed by atoms with van der Waals surface area (Å²) in [5, 5.41) is 17.9. The number of nitriles is 1. The molecule has 6 rings (SSSR count). The van der Waals surface area contributed by atoms with Crippen LogP contribution in [0.1, 0.15) is 11.1 Å². The molecule has 1 fully saturated rings. The zero-order valence-corrected chi connectivity index (χ0v) is 26.0. The molecule has 3 heterocycles. The first-order valence-electron chi connectivity index (χ1n) is 14.9. The number of thiazole rings is 1. The molecule has 2 aromatic heterocycles. The number of morpholine rings is 1. The number of hydrogen-bond acceptors (Lipinski definition) is 7. The normalized spacial score (nSPS) is 14.6. The van der Waals surface area contributed by atoms with E-state index in [4.69, 9.17) is 9.84 Å². The van der Waals surface area contributed by atoms with E-state index in [1.165, 1.54) is 28.8 Å². The highest BCUT2D eigenvalue weighted by Gasteiger charge is 2.19. The Balaban J connectivity index is 1.48. The second-order valence-electron chi connectivity index (χ2n) is 10.8. The molecule has 46 heavy (non-hydrogen) atoms. The maximum Gasteiger partial charge on any atom is 0.273 e. The first kappa shape index (κ1) is 30.9. The van der Waals surface area contributed by atoms with E-state index < -0.39 is 17.3 Å². The van der Waals surface area contributed by atoms with E-state index in [-0.39, 0.29) is 14.8 Å². The van der Waals surface area contributed by atoms with Crippen molar-refractivity contribution in [1.82, 2.24) is 24.6 Å². The van der Waals surface area contributed by atoms with E-state index >= 15 is 0 Å². The average molecular weight is 635 g/mol. The maximum absolute atomic E-state index is 14.1. The number of carbonyl (C=O) groups excluding carboxylic acids is 1. The van der Waals surface area contributed by atoms with Crippen molar-refractivity contribution in [3.05, 3.63) is 122 Å². The molecule has 0 spiro atoms. The van der Waals surface area contributed by atoms with Crippen molar-refractivity contribution in [2.75, 3.05) is 39.4 Å². The molecule has 1 N–H and O–H groups in total. The summed E-state index contributed by atoms with van der Waals surface area (Å²) in [6.07, 6.45) is 3.57. The van der Waals surface area contributed by atoms with Crippen molar-refractivity contribution in [1.29, 1.82) is 5.26 Å². The number of amides is 1. The van der Waals surface area contributed by atoms with Gasteiger partial charge in [-0.15, -0.1) is 11.3 Å². The Labute approximate surface area is 268 Å². The standard InChI is InChI=1S/C35H31FN6O3S/c1-24-7-9-25(10-8-24)32-26(23-41(39-32)28-5-3-2-4-6-28)21-31-34(44)42(29-13-11-27(36)12-14-29)35(46-31)30(22-37)33(43)38-15-16-40-17-19-45-20-18-40/h2-14,21,23H,15-20H2,1H3,(H,38,43)/b31-21-,35-30-. The predicted molar refractivity (Wildman–Crippen MR) is 176 cm³/mol. The minimum Gasteiger partial charge on any atom is -0.379 e. The van der Waals surface area contributed by atoms with Crippen LogP contribution >= 0.6 is 11.3 Å². The molecule has 5 aromatic rings. The van der Waals surface area contributed by atoms with Crippen molar-refractivity contribution in [2.24, 2.45) is 0 Å². The van der Waals surface area contributed by atoms with Gasteiger partial charge in [0.2, 0.25) is 0 Å². The minimum atomic E-state index is -0.586. The highest BCUT2D eigenvalue weighted by atomic mass is 32.1. The lowest BCUT2D eigenvalue weighted by Gasteiger charge is -2.26. The highest BCUT2D eigenvalue weighted by Crippen LogP contribution is 2.25. The summed E-state index contributed by atoms with van der Waals surface area (Å²) in [6, 6.07) is 25.0. The van der Waals surface area contributed by atoms with Crippen molar-refractivity contribution in [3.8, 4) is 28.7 Å². The van der Waals surface area contributed by atoms with E-state index in [2.05, 4.69) is 10.2 Å². The zero-order valence-electron chi connectivity index (χ0n) is 25.1. The molecule has 1 aliphatic rings. The topological polar surface area (TPSA) is 105 Å². The second-order valence-corrected chi connectivity index (χ2v) is 11.8. The molecule has 1 saturated heterocycles. The van der Waals surface area contributed by atoms with Crippen LogP contribution in [0.25, 0.3) is 34.3 Å². The van der Waals surface area contributed by atoms with Gasteiger partial charge in [0.05, 0.1) is 34.8 Å². The molecule has 232 valence electrons. The van der Waals surface area contributed by atoms with Crippen molar-refractivity contribution < 1.29 is 13.9 Å². The highest BCUT2D eigenvalue weighted by molar-refractivity contribution is 7.07. The molecule has 11 heteroatoms. The molecule has 0 unspecified atom stereocenters. The van der Waals surface area contributed by atoms with Crippen LogP contribution in [-0.4, -0.2) is 64.5 Å². The fourth-order valence-electron chi connectivity index (χ4n) is 5.19. The fraction of sp³-hybridized carbons (Fsp3) is 0.200. The molecular weight excluding hydrogens is 603 g/mol. The van der Waals surface area contributed by atoms with Crippen LogP contribution in [-0.2, 0) is 9.53 Å². The smallest absolute Gasteiger partial charge is 0.273 e. The summed E-state index contributed by atoms with van der Waals surface area (Å²) in [5.41, 5.74) is 3.85. The quantitative estimate of drug-likeness (QED) is 0.281. The Hall–Kier alpha value is -5.15. The third kappa shape index (κ3) is 6.74. The number of nitrogens with one attached hydrogen (secondary N) is 1. The largest absolute Gasteiger partial charge is 0.379 e. The number of aryl methyl sites for hydroxylation is 1. The lowest BCUT2D eigenvalue weighted by molar-refractivity contribution is -0.115. The molecule has 1 amide bonds. The maximum atomic E-state index is 14.1. The number of aromatic nitrogens is 3. The summed E-state index contributed by atoms with van der Waals surface area (Å²) >= 11 is 1.03. The molecule has 0 radical (unpaired) electrons. The average Bonchev–Trinajstić information content (AvgIpc) is 3.64. The molecule has 1 aliphatic heterocycles. The number of para-hydroxylation sites is 1. The first-order chi connectivity index (χ1) is 22.4. The number of nitrogens with zero attached hydrogens (tertiary/aromatic N) is 5. The lowest BCUT2D eigenvalue weighted by Crippen LogP contribution is -2.42. The van der Waals surface area contributed by atoms with Crippen molar-refractivity contribution >= 4 is 28.9 Å². The van der Waals surface area contributed by atoms with Crippen LogP contribution < -0.4 is 20.1 Å². The van der Waals surface area contributed by atoms with Crippen LogP contribution in [0.15, 0.2) is 89.9 Å². The van der Waals surface area contributed by atoms with Gasteiger partial charge in [-0.25, -0.2) is 9.07 Å². The molecular formula is C35H31FN6O3S. The zero-order chi connectivity index (χ0) is 32.0. The molecule has 0 atom stereocenters. The summed E-state index contributed by atoms with van der Waals surface area (Å²) < 4.78 is 22.8. The second kappa shape index (κ2) is 13.9. The summed E-state index contributed by atoms with van der Waals surface area (Å²) in [6.45, 7) is 5.75. The van der Waals surface area contributed by atoms with Gasteiger partial charge >= 0.3 is 0 Å². The van der Waals surface area contributed by atoms with E-state index in [0.29, 0.717) is 43.2 Å². The third-order valence-electron chi connectivity index (χ3n) is 7.65. The van der Waals surface area contributed by atoms with Gasteiger partial charge in [0, 0.05) is 43.5 Å².